The molecule has 0 aromatic heterocycles. The minimum absolute atomic E-state index is 0.0266. The summed E-state index contributed by atoms with van der Waals surface area (Å²) in [5, 5.41) is 9.34. The van der Waals surface area contributed by atoms with E-state index in [1.165, 1.54) is 0 Å². The van der Waals surface area contributed by atoms with Gasteiger partial charge in [0.05, 0.1) is 11.8 Å². The van der Waals surface area contributed by atoms with Gasteiger partial charge in [0.2, 0.25) is 0 Å². The van der Waals surface area contributed by atoms with Crippen molar-refractivity contribution in [3.63, 3.8) is 0 Å². The molecule has 6 nitrogen and oxygen atoms in total. The maximum Gasteiger partial charge on any atom is 0.333 e. The first-order valence-corrected chi connectivity index (χ1v) is 6.73. The lowest BCUT2D eigenvalue weighted by atomic mass is 9.86. The van der Waals surface area contributed by atoms with Crippen LogP contribution in [0.4, 0.5) is 0 Å². The number of carbonyl (C=O) groups is 3. The molecule has 4 rings (SSSR count). The van der Waals surface area contributed by atoms with E-state index in [0.29, 0.717) is 0 Å². The van der Waals surface area contributed by atoms with Gasteiger partial charge in [-0.2, -0.15) is 0 Å². The molecule has 0 bridgehead atoms. The van der Waals surface area contributed by atoms with E-state index in [9.17, 15) is 19.5 Å². The van der Waals surface area contributed by atoms with Gasteiger partial charge >= 0.3 is 17.9 Å². The van der Waals surface area contributed by atoms with Crippen molar-refractivity contribution in [3.8, 4) is 0 Å². The number of fused-ring (bicyclic) bond motifs is 1. The van der Waals surface area contributed by atoms with E-state index in [0.717, 1.165) is 0 Å². The average molecular weight is 278 g/mol. The first kappa shape index (κ1) is 11.9. The van der Waals surface area contributed by atoms with Crippen molar-refractivity contribution in [2.45, 2.75) is 19.1 Å². The quantitative estimate of drug-likeness (QED) is 0.587. The molecule has 0 aromatic rings. The zero-order chi connectivity index (χ0) is 14.3. The Labute approximate surface area is 114 Å². The van der Waals surface area contributed by atoms with Crippen LogP contribution in [0.5, 0.6) is 0 Å². The monoisotopic (exact) mass is 278 g/mol. The second-order valence-electron chi connectivity index (χ2n) is 6.25. The molecule has 0 aromatic carbocycles. The highest BCUT2D eigenvalue weighted by atomic mass is 16.6. The van der Waals surface area contributed by atoms with Gasteiger partial charge in [-0.05, 0) is 18.8 Å². The van der Waals surface area contributed by atoms with Crippen LogP contribution in [0.2, 0.25) is 0 Å². The number of rotatable bonds is 3. The molecule has 8 atom stereocenters. The van der Waals surface area contributed by atoms with Gasteiger partial charge in [-0.1, -0.05) is 6.58 Å². The summed E-state index contributed by atoms with van der Waals surface area (Å²) in [5.41, 5.74) is 0.289. The fourth-order valence-electron chi connectivity index (χ4n) is 4.74. The molecule has 3 saturated carbocycles. The minimum atomic E-state index is -0.945. The van der Waals surface area contributed by atoms with Crippen molar-refractivity contribution < 1.29 is 29.0 Å². The molecule has 4 fully saturated rings. The molecule has 0 radical (unpaired) electrons. The van der Waals surface area contributed by atoms with E-state index in [1.54, 1.807) is 6.92 Å². The van der Waals surface area contributed by atoms with Crippen LogP contribution in [-0.4, -0.2) is 35.2 Å². The summed E-state index contributed by atoms with van der Waals surface area (Å²) in [7, 11) is 0. The first-order chi connectivity index (χ1) is 9.43. The zero-order valence-corrected chi connectivity index (χ0v) is 10.8. The Morgan fingerprint density at radius 2 is 1.95 bits per heavy atom. The van der Waals surface area contributed by atoms with E-state index >= 15 is 0 Å². The normalized spacial score (nSPS) is 49.5. The molecule has 106 valence electrons. The maximum absolute atomic E-state index is 11.9. The maximum atomic E-state index is 11.9. The molecular weight excluding hydrogens is 264 g/mol. The third-order valence-corrected chi connectivity index (χ3v) is 5.34. The molecule has 20 heavy (non-hydrogen) atoms. The molecule has 0 spiro atoms. The fourth-order valence-corrected chi connectivity index (χ4v) is 4.74. The lowest BCUT2D eigenvalue weighted by Crippen LogP contribution is -2.35. The zero-order valence-electron chi connectivity index (χ0n) is 10.8. The highest BCUT2D eigenvalue weighted by molar-refractivity contribution is 5.88. The van der Waals surface area contributed by atoms with Crippen LogP contribution in [-0.2, 0) is 23.9 Å². The fraction of sp³-hybridized carbons (Fsp3) is 0.643. The van der Waals surface area contributed by atoms with Crippen molar-refractivity contribution in [3.05, 3.63) is 12.2 Å². The van der Waals surface area contributed by atoms with Gasteiger partial charge in [-0.25, -0.2) is 4.79 Å². The Bertz CT molecular complexity index is 566. The molecule has 6 heteroatoms. The second kappa shape index (κ2) is 3.42. The summed E-state index contributed by atoms with van der Waals surface area (Å²) in [4.78, 5) is 35.0. The van der Waals surface area contributed by atoms with Crippen LogP contribution in [0, 0.1) is 35.5 Å². The molecule has 1 N–H and O–H groups in total. The predicted molar refractivity (Wildman–Crippen MR) is 63.1 cm³/mol. The SMILES string of the molecule is C=C(C)C(=O)OC1C2OC(=O)C3C(C(=O)O)C4C1C4C23. The number of carbonyl (C=O) groups excluding carboxylic acids is 2. The smallest absolute Gasteiger partial charge is 0.333 e. The highest BCUT2D eigenvalue weighted by Crippen LogP contribution is 2.75. The van der Waals surface area contributed by atoms with Crippen molar-refractivity contribution in [1.82, 2.24) is 0 Å². The molecule has 0 amide bonds. The number of hydrogen-bond donors (Lipinski definition) is 1. The highest BCUT2D eigenvalue weighted by Gasteiger charge is 2.83. The predicted octanol–water partition coefficient (Wildman–Crippen LogP) is 0.222. The van der Waals surface area contributed by atoms with Crippen LogP contribution >= 0.6 is 0 Å². The summed E-state index contributed by atoms with van der Waals surface area (Å²) < 4.78 is 10.7. The van der Waals surface area contributed by atoms with E-state index in [1.807, 2.05) is 0 Å². The second-order valence-corrected chi connectivity index (χ2v) is 6.25. The Hall–Kier alpha value is -1.85. The molecular formula is C14H14O6. The topological polar surface area (TPSA) is 89.9 Å². The number of ether oxygens (including phenoxy) is 2. The van der Waals surface area contributed by atoms with Crippen LogP contribution in [0.15, 0.2) is 12.2 Å². The average Bonchev–Trinajstić information content (AvgIpc) is 2.68. The Morgan fingerprint density at radius 1 is 1.25 bits per heavy atom. The number of esters is 2. The Balaban J connectivity index is 1.65. The molecule has 4 aliphatic rings. The van der Waals surface area contributed by atoms with Crippen LogP contribution in [0.1, 0.15) is 6.92 Å². The number of carboxylic acids is 1. The van der Waals surface area contributed by atoms with Gasteiger partial charge in [0.15, 0.2) is 0 Å². The van der Waals surface area contributed by atoms with Gasteiger partial charge in [0.1, 0.15) is 12.2 Å². The summed E-state index contributed by atoms with van der Waals surface area (Å²) in [6.45, 7) is 5.09. The van der Waals surface area contributed by atoms with Gasteiger partial charge in [0.25, 0.3) is 0 Å². The summed E-state index contributed by atoms with van der Waals surface area (Å²) in [6, 6.07) is 0. The number of carboxylic acid groups (broad SMARTS) is 1. The lowest BCUT2D eigenvalue weighted by molar-refractivity contribution is -0.164. The lowest BCUT2D eigenvalue weighted by Gasteiger charge is -2.23. The van der Waals surface area contributed by atoms with E-state index in [4.69, 9.17) is 9.47 Å². The Morgan fingerprint density at radius 3 is 2.55 bits per heavy atom. The summed E-state index contributed by atoms with van der Waals surface area (Å²) in [6.07, 6.45) is -0.969. The van der Waals surface area contributed by atoms with Crippen molar-refractivity contribution >= 4 is 17.9 Å². The van der Waals surface area contributed by atoms with Crippen LogP contribution in [0.25, 0.3) is 0 Å². The molecule has 1 saturated heterocycles. The van der Waals surface area contributed by atoms with Crippen molar-refractivity contribution in [1.29, 1.82) is 0 Å². The van der Waals surface area contributed by atoms with Gasteiger partial charge in [-0.3, -0.25) is 9.59 Å². The third kappa shape index (κ3) is 1.18. The first-order valence-electron chi connectivity index (χ1n) is 6.73. The van der Waals surface area contributed by atoms with E-state index in [-0.39, 0.29) is 29.2 Å². The summed E-state index contributed by atoms with van der Waals surface area (Å²) >= 11 is 0. The molecule has 3 aliphatic carbocycles. The molecule has 8 unspecified atom stereocenters. The third-order valence-electron chi connectivity index (χ3n) is 5.34. The summed E-state index contributed by atoms with van der Waals surface area (Å²) in [5.74, 6) is -3.10. The van der Waals surface area contributed by atoms with E-state index < -0.39 is 42.0 Å². The standard InChI is InChI=1S/C14H14O6/c1-3(2)13(17)19-10-6-4-5(6)8(12(15)16)9-7(4)11(10)20-14(9)18/h4-11H,1H2,2H3,(H,15,16). The molecule has 1 aliphatic heterocycles. The minimum Gasteiger partial charge on any atom is -0.481 e. The van der Waals surface area contributed by atoms with Crippen LogP contribution in [0.3, 0.4) is 0 Å². The largest absolute Gasteiger partial charge is 0.481 e. The number of aliphatic carboxylic acids is 1. The Kier molecular flexibility index (Phi) is 2.04. The van der Waals surface area contributed by atoms with Crippen LogP contribution < -0.4 is 0 Å². The van der Waals surface area contributed by atoms with Gasteiger partial charge < -0.3 is 14.6 Å². The van der Waals surface area contributed by atoms with Gasteiger partial charge in [0, 0.05) is 17.4 Å². The van der Waals surface area contributed by atoms with Crippen molar-refractivity contribution in [2.75, 3.05) is 0 Å². The molecule has 1 heterocycles. The van der Waals surface area contributed by atoms with Crippen molar-refractivity contribution in [2.24, 2.45) is 35.5 Å². The van der Waals surface area contributed by atoms with Gasteiger partial charge in [-0.15, -0.1) is 0 Å². The number of hydrogen-bond acceptors (Lipinski definition) is 5. The van der Waals surface area contributed by atoms with E-state index in [2.05, 4.69) is 6.58 Å².